The number of aromatic nitrogens is 2. The van der Waals surface area contributed by atoms with E-state index in [0.717, 1.165) is 10.3 Å². The molecule has 2 aromatic heterocycles. The molecule has 5 nitrogen and oxygen atoms in total. The number of fused-ring (bicyclic) bond motifs is 2. The summed E-state index contributed by atoms with van der Waals surface area (Å²) in [6.45, 7) is 1.71. The van der Waals surface area contributed by atoms with Gasteiger partial charge in [-0.15, -0.1) is 11.3 Å². The molecule has 130 valence electrons. The number of carbonyl (C=O) groups excluding carboxylic acids is 1. The molecule has 4 aromatic rings. The third-order valence-corrected chi connectivity index (χ3v) is 5.10. The van der Waals surface area contributed by atoms with Gasteiger partial charge in [-0.05, 0) is 48.2 Å². The van der Waals surface area contributed by atoms with Crippen LogP contribution in [0.2, 0.25) is 0 Å². The minimum atomic E-state index is -0.542. The Morgan fingerprint density at radius 1 is 1.27 bits per heavy atom. The van der Waals surface area contributed by atoms with Gasteiger partial charge in [0, 0.05) is 4.70 Å². The number of esters is 1. The Hall–Kier alpha value is -3.06. The number of thiophene rings is 1. The molecule has 0 saturated heterocycles. The fourth-order valence-electron chi connectivity index (χ4n) is 2.74. The molecule has 0 bridgehead atoms. The summed E-state index contributed by atoms with van der Waals surface area (Å²) in [5.74, 6) is -0.625. The van der Waals surface area contributed by atoms with Crippen LogP contribution in [0.1, 0.15) is 21.1 Å². The molecule has 1 N–H and O–H groups in total. The number of nitrogens with one attached hydrogen (secondary N) is 1. The SMILES string of the molecule is Cc1cccc2c(=O)[nH]c(COC(=O)c3cc4cc(F)ccc4s3)nc12. The zero-order valence-electron chi connectivity index (χ0n) is 13.7. The summed E-state index contributed by atoms with van der Waals surface area (Å²) in [7, 11) is 0. The van der Waals surface area contributed by atoms with E-state index in [2.05, 4.69) is 9.97 Å². The minimum absolute atomic E-state index is 0.152. The van der Waals surface area contributed by atoms with Crippen LogP contribution in [0, 0.1) is 12.7 Å². The molecule has 4 rings (SSSR count). The number of hydrogen-bond donors (Lipinski definition) is 1. The maximum Gasteiger partial charge on any atom is 0.348 e. The molecule has 0 amide bonds. The summed E-state index contributed by atoms with van der Waals surface area (Å²) in [6.07, 6.45) is 0. The maximum atomic E-state index is 13.3. The Balaban J connectivity index is 1.58. The van der Waals surface area contributed by atoms with Crippen molar-refractivity contribution in [3.63, 3.8) is 0 Å². The second kappa shape index (κ2) is 6.34. The third-order valence-electron chi connectivity index (χ3n) is 4.01. The molecular formula is C19H13FN2O3S. The molecule has 2 heterocycles. The number of H-pyrrole nitrogens is 1. The molecule has 0 spiro atoms. The zero-order valence-corrected chi connectivity index (χ0v) is 14.5. The lowest BCUT2D eigenvalue weighted by Crippen LogP contribution is -2.14. The van der Waals surface area contributed by atoms with Crippen LogP contribution in [0.25, 0.3) is 21.0 Å². The van der Waals surface area contributed by atoms with Crippen molar-refractivity contribution in [3.05, 3.63) is 74.9 Å². The van der Waals surface area contributed by atoms with E-state index < -0.39 is 5.97 Å². The van der Waals surface area contributed by atoms with E-state index in [4.69, 9.17) is 4.74 Å². The van der Waals surface area contributed by atoms with Crippen molar-refractivity contribution in [2.24, 2.45) is 0 Å². The van der Waals surface area contributed by atoms with E-state index in [9.17, 15) is 14.0 Å². The Morgan fingerprint density at radius 2 is 2.12 bits per heavy atom. The van der Waals surface area contributed by atoms with Crippen LogP contribution in [-0.4, -0.2) is 15.9 Å². The first-order valence-electron chi connectivity index (χ1n) is 7.86. The van der Waals surface area contributed by atoms with Gasteiger partial charge in [-0.25, -0.2) is 14.2 Å². The van der Waals surface area contributed by atoms with Gasteiger partial charge in [0.05, 0.1) is 10.9 Å². The van der Waals surface area contributed by atoms with Gasteiger partial charge in [-0.1, -0.05) is 12.1 Å². The van der Waals surface area contributed by atoms with Crippen molar-refractivity contribution >= 4 is 38.3 Å². The highest BCUT2D eigenvalue weighted by Gasteiger charge is 2.14. The molecule has 7 heteroatoms. The van der Waals surface area contributed by atoms with Crippen LogP contribution in [0.5, 0.6) is 0 Å². The summed E-state index contributed by atoms with van der Waals surface area (Å²) in [4.78, 5) is 31.8. The Labute approximate surface area is 151 Å². The van der Waals surface area contributed by atoms with Crippen molar-refractivity contribution in [2.45, 2.75) is 13.5 Å². The van der Waals surface area contributed by atoms with E-state index in [1.165, 1.54) is 23.5 Å². The lowest BCUT2D eigenvalue weighted by Gasteiger charge is -2.05. The number of hydrogen-bond acceptors (Lipinski definition) is 5. The quantitative estimate of drug-likeness (QED) is 0.556. The molecule has 0 aliphatic rings. The van der Waals surface area contributed by atoms with Gasteiger partial charge >= 0.3 is 5.97 Å². The van der Waals surface area contributed by atoms with Crippen molar-refractivity contribution in [1.29, 1.82) is 0 Å². The average molecular weight is 368 g/mol. The van der Waals surface area contributed by atoms with Gasteiger partial charge in [-0.2, -0.15) is 0 Å². The average Bonchev–Trinajstić information content (AvgIpc) is 3.04. The molecule has 2 aromatic carbocycles. The second-order valence-electron chi connectivity index (χ2n) is 5.85. The van der Waals surface area contributed by atoms with E-state index in [1.807, 2.05) is 13.0 Å². The molecular weight excluding hydrogens is 355 g/mol. The molecule has 0 aliphatic carbocycles. The number of benzene rings is 2. The number of halogens is 1. The Bertz CT molecular complexity index is 1210. The van der Waals surface area contributed by atoms with Gasteiger partial charge < -0.3 is 9.72 Å². The number of rotatable bonds is 3. The molecule has 0 unspecified atom stereocenters. The van der Waals surface area contributed by atoms with Crippen LogP contribution in [0.3, 0.4) is 0 Å². The van der Waals surface area contributed by atoms with Crippen molar-refractivity contribution in [1.82, 2.24) is 9.97 Å². The number of ether oxygens (including phenoxy) is 1. The summed E-state index contributed by atoms with van der Waals surface area (Å²) < 4.78 is 19.3. The summed E-state index contributed by atoms with van der Waals surface area (Å²) in [5.41, 5.74) is 1.18. The fourth-order valence-corrected chi connectivity index (χ4v) is 3.68. The third kappa shape index (κ3) is 2.97. The highest BCUT2D eigenvalue weighted by Crippen LogP contribution is 2.27. The van der Waals surface area contributed by atoms with E-state index in [1.54, 1.807) is 24.3 Å². The normalized spacial score (nSPS) is 11.2. The van der Waals surface area contributed by atoms with E-state index >= 15 is 0 Å². The van der Waals surface area contributed by atoms with E-state index in [0.29, 0.717) is 21.2 Å². The first kappa shape index (κ1) is 16.4. The smallest absolute Gasteiger partial charge is 0.348 e. The molecule has 0 atom stereocenters. The molecule has 0 fully saturated rings. The van der Waals surface area contributed by atoms with Crippen molar-refractivity contribution < 1.29 is 13.9 Å². The first-order valence-corrected chi connectivity index (χ1v) is 8.67. The lowest BCUT2D eigenvalue weighted by atomic mass is 10.1. The molecule has 0 aliphatic heterocycles. The molecule has 0 saturated carbocycles. The largest absolute Gasteiger partial charge is 0.453 e. The highest BCUT2D eigenvalue weighted by molar-refractivity contribution is 7.20. The van der Waals surface area contributed by atoms with Crippen LogP contribution in [0.4, 0.5) is 4.39 Å². The lowest BCUT2D eigenvalue weighted by molar-refractivity contribution is 0.0468. The van der Waals surface area contributed by atoms with Gasteiger partial charge in [0.15, 0.2) is 0 Å². The van der Waals surface area contributed by atoms with Crippen LogP contribution < -0.4 is 5.56 Å². The van der Waals surface area contributed by atoms with Crippen LogP contribution >= 0.6 is 11.3 Å². The van der Waals surface area contributed by atoms with Gasteiger partial charge in [0.2, 0.25) is 0 Å². The first-order chi connectivity index (χ1) is 12.5. The number of para-hydroxylation sites is 1. The summed E-state index contributed by atoms with van der Waals surface area (Å²) >= 11 is 1.22. The fraction of sp³-hybridized carbons (Fsp3) is 0.105. The predicted octanol–water partition coefficient (Wildman–Crippen LogP) is 3.94. The number of aromatic amines is 1. The number of aryl methyl sites for hydroxylation is 1. The van der Waals surface area contributed by atoms with Gasteiger partial charge in [0.1, 0.15) is 23.1 Å². The van der Waals surface area contributed by atoms with E-state index in [-0.39, 0.29) is 23.8 Å². The van der Waals surface area contributed by atoms with Gasteiger partial charge in [-0.3, -0.25) is 4.79 Å². The highest BCUT2D eigenvalue weighted by atomic mass is 32.1. The minimum Gasteiger partial charge on any atom is -0.453 e. The molecule has 0 radical (unpaired) electrons. The number of nitrogens with zero attached hydrogens (tertiary/aromatic N) is 1. The number of carbonyl (C=O) groups is 1. The summed E-state index contributed by atoms with van der Waals surface area (Å²) in [6, 6.07) is 11.3. The second-order valence-corrected chi connectivity index (χ2v) is 6.94. The summed E-state index contributed by atoms with van der Waals surface area (Å²) in [5, 5.41) is 1.14. The van der Waals surface area contributed by atoms with Crippen molar-refractivity contribution in [2.75, 3.05) is 0 Å². The standard InChI is InChI=1S/C19H13FN2O3S/c1-10-3-2-4-13-17(10)21-16(22-18(13)23)9-25-19(24)15-8-11-7-12(20)5-6-14(11)26-15/h2-8H,9H2,1H3,(H,21,22,23). The predicted molar refractivity (Wildman–Crippen MR) is 98.0 cm³/mol. The Kier molecular flexibility index (Phi) is 4.00. The van der Waals surface area contributed by atoms with Gasteiger partial charge in [0.25, 0.3) is 5.56 Å². The zero-order chi connectivity index (χ0) is 18.3. The van der Waals surface area contributed by atoms with Crippen LogP contribution in [-0.2, 0) is 11.3 Å². The monoisotopic (exact) mass is 368 g/mol. The topological polar surface area (TPSA) is 72.1 Å². The van der Waals surface area contributed by atoms with Crippen molar-refractivity contribution in [3.8, 4) is 0 Å². The maximum absolute atomic E-state index is 13.3. The van der Waals surface area contributed by atoms with Crippen LogP contribution in [0.15, 0.2) is 47.3 Å². The molecule has 26 heavy (non-hydrogen) atoms. The Morgan fingerprint density at radius 3 is 2.96 bits per heavy atom.